The van der Waals surface area contributed by atoms with Gasteiger partial charge in [-0.2, -0.15) is 4.98 Å². The SMILES string of the molecule is O=C(c1cccnc1)N1CCCC(c2nc(CCOCC3CC3)no2)C1. The number of ether oxygens (including phenoxy) is 1. The Labute approximate surface area is 152 Å². The van der Waals surface area contributed by atoms with Gasteiger partial charge in [-0.1, -0.05) is 5.16 Å². The molecule has 138 valence electrons. The third-order valence-corrected chi connectivity index (χ3v) is 4.97. The summed E-state index contributed by atoms with van der Waals surface area (Å²) < 4.78 is 11.1. The van der Waals surface area contributed by atoms with Gasteiger partial charge in [-0.3, -0.25) is 9.78 Å². The maximum Gasteiger partial charge on any atom is 0.255 e. The molecule has 7 heteroatoms. The van der Waals surface area contributed by atoms with Crippen molar-refractivity contribution in [2.75, 3.05) is 26.3 Å². The number of nitrogens with zero attached hydrogens (tertiary/aromatic N) is 4. The summed E-state index contributed by atoms with van der Waals surface area (Å²) >= 11 is 0. The van der Waals surface area contributed by atoms with Crippen LogP contribution in [0.5, 0.6) is 0 Å². The monoisotopic (exact) mass is 356 g/mol. The fourth-order valence-corrected chi connectivity index (χ4v) is 3.27. The van der Waals surface area contributed by atoms with Gasteiger partial charge in [0.05, 0.1) is 18.1 Å². The Morgan fingerprint density at radius 2 is 2.27 bits per heavy atom. The number of carbonyl (C=O) groups excluding carboxylic acids is 1. The molecule has 1 aliphatic carbocycles. The van der Waals surface area contributed by atoms with Crippen molar-refractivity contribution in [3.8, 4) is 0 Å². The van der Waals surface area contributed by atoms with Crippen LogP contribution in [-0.2, 0) is 11.2 Å². The van der Waals surface area contributed by atoms with Crippen LogP contribution >= 0.6 is 0 Å². The van der Waals surface area contributed by atoms with Crippen LogP contribution in [0.4, 0.5) is 0 Å². The van der Waals surface area contributed by atoms with E-state index in [1.807, 2.05) is 4.90 Å². The van der Waals surface area contributed by atoms with Crippen molar-refractivity contribution >= 4 is 5.91 Å². The molecule has 2 fully saturated rings. The van der Waals surface area contributed by atoms with E-state index in [4.69, 9.17) is 9.26 Å². The Balaban J connectivity index is 1.31. The lowest BCUT2D eigenvalue weighted by Gasteiger charge is -2.31. The third-order valence-electron chi connectivity index (χ3n) is 4.97. The van der Waals surface area contributed by atoms with Crippen LogP contribution in [0, 0.1) is 5.92 Å². The van der Waals surface area contributed by atoms with Gasteiger partial charge in [0, 0.05) is 38.5 Å². The number of rotatable bonds is 7. The number of hydrogen-bond donors (Lipinski definition) is 0. The normalized spacial score (nSPS) is 20.3. The standard InChI is InChI=1S/C19H24N4O3/c24-19(15-3-1-8-20-11-15)23-9-2-4-16(12-23)18-21-17(22-26-18)7-10-25-13-14-5-6-14/h1,3,8,11,14,16H,2,4-7,9-10,12-13H2. The zero-order valence-electron chi connectivity index (χ0n) is 14.8. The quantitative estimate of drug-likeness (QED) is 0.709. The average molecular weight is 356 g/mol. The van der Waals surface area contributed by atoms with Crippen LogP contribution in [0.3, 0.4) is 0 Å². The maximum absolute atomic E-state index is 12.6. The van der Waals surface area contributed by atoms with Gasteiger partial charge in [-0.25, -0.2) is 0 Å². The first-order valence-electron chi connectivity index (χ1n) is 9.39. The van der Waals surface area contributed by atoms with Crippen LogP contribution in [0.25, 0.3) is 0 Å². The summed E-state index contributed by atoms with van der Waals surface area (Å²) in [5.74, 6) is 2.19. The number of hydrogen-bond acceptors (Lipinski definition) is 6. The lowest BCUT2D eigenvalue weighted by molar-refractivity contribution is 0.0695. The van der Waals surface area contributed by atoms with E-state index in [2.05, 4.69) is 15.1 Å². The predicted octanol–water partition coefficient (Wildman–Crippen LogP) is 2.45. The zero-order valence-corrected chi connectivity index (χ0v) is 14.8. The Bertz CT molecular complexity index is 729. The van der Waals surface area contributed by atoms with Gasteiger partial charge in [0.2, 0.25) is 5.89 Å². The van der Waals surface area contributed by atoms with E-state index in [9.17, 15) is 4.79 Å². The molecule has 26 heavy (non-hydrogen) atoms. The van der Waals surface area contributed by atoms with E-state index in [0.29, 0.717) is 36.9 Å². The van der Waals surface area contributed by atoms with Gasteiger partial charge in [-0.15, -0.1) is 0 Å². The second-order valence-corrected chi connectivity index (χ2v) is 7.15. The lowest BCUT2D eigenvalue weighted by Crippen LogP contribution is -2.39. The maximum atomic E-state index is 12.6. The third kappa shape index (κ3) is 4.27. The number of likely N-dealkylation sites (tertiary alicyclic amines) is 1. The predicted molar refractivity (Wildman–Crippen MR) is 93.7 cm³/mol. The molecule has 1 aliphatic heterocycles. The first-order valence-corrected chi connectivity index (χ1v) is 9.39. The van der Waals surface area contributed by atoms with Crippen molar-refractivity contribution in [2.24, 2.45) is 5.92 Å². The lowest BCUT2D eigenvalue weighted by atomic mass is 9.97. The van der Waals surface area contributed by atoms with E-state index in [1.54, 1.807) is 24.5 Å². The molecule has 2 aromatic rings. The highest BCUT2D eigenvalue weighted by molar-refractivity contribution is 5.93. The van der Waals surface area contributed by atoms with E-state index < -0.39 is 0 Å². The molecule has 0 radical (unpaired) electrons. The van der Waals surface area contributed by atoms with E-state index in [-0.39, 0.29) is 11.8 Å². The molecule has 1 amide bonds. The minimum atomic E-state index is 0.0102. The van der Waals surface area contributed by atoms with Crippen LogP contribution in [0.1, 0.15) is 53.7 Å². The highest BCUT2D eigenvalue weighted by Crippen LogP contribution is 2.29. The summed E-state index contributed by atoms with van der Waals surface area (Å²) in [5.41, 5.74) is 0.618. The summed E-state index contributed by atoms with van der Waals surface area (Å²) in [4.78, 5) is 23.0. The van der Waals surface area contributed by atoms with Crippen LogP contribution in [0.15, 0.2) is 29.0 Å². The zero-order chi connectivity index (χ0) is 17.8. The number of carbonyl (C=O) groups is 1. The smallest absolute Gasteiger partial charge is 0.255 e. The van der Waals surface area contributed by atoms with Crippen molar-refractivity contribution in [1.82, 2.24) is 20.0 Å². The topological polar surface area (TPSA) is 81.4 Å². The van der Waals surface area contributed by atoms with Gasteiger partial charge in [0.15, 0.2) is 5.82 Å². The first kappa shape index (κ1) is 17.1. The second kappa shape index (κ2) is 7.95. The molecule has 2 aliphatic rings. The van der Waals surface area contributed by atoms with Crippen LogP contribution in [0.2, 0.25) is 0 Å². The van der Waals surface area contributed by atoms with Crippen molar-refractivity contribution < 1.29 is 14.1 Å². The minimum absolute atomic E-state index is 0.0102. The van der Waals surface area contributed by atoms with E-state index >= 15 is 0 Å². The highest BCUT2D eigenvalue weighted by atomic mass is 16.5. The summed E-state index contributed by atoms with van der Waals surface area (Å²) in [6.45, 7) is 2.83. The Morgan fingerprint density at radius 3 is 3.08 bits per heavy atom. The number of aromatic nitrogens is 3. The van der Waals surface area contributed by atoms with Gasteiger partial charge in [-0.05, 0) is 43.7 Å². The first-order chi connectivity index (χ1) is 12.8. The van der Waals surface area contributed by atoms with Crippen molar-refractivity contribution in [3.63, 3.8) is 0 Å². The Kier molecular flexibility index (Phi) is 5.24. The summed E-state index contributed by atoms with van der Waals surface area (Å²) in [5, 5.41) is 4.07. The average Bonchev–Trinajstić information content (AvgIpc) is 3.41. The van der Waals surface area contributed by atoms with Gasteiger partial charge >= 0.3 is 0 Å². The fourth-order valence-electron chi connectivity index (χ4n) is 3.27. The molecular formula is C19H24N4O3. The molecule has 1 saturated heterocycles. The molecule has 4 rings (SSSR count). The molecule has 1 atom stereocenters. The largest absolute Gasteiger partial charge is 0.381 e. The minimum Gasteiger partial charge on any atom is -0.381 e. The second-order valence-electron chi connectivity index (χ2n) is 7.15. The van der Waals surface area contributed by atoms with Crippen molar-refractivity contribution in [1.29, 1.82) is 0 Å². The number of amides is 1. The number of pyridine rings is 1. The van der Waals surface area contributed by atoms with Crippen molar-refractivity contribution in [2.45, 2.75) is 38.0 Å². The molecule has 0 spiro atoms. The molecule has 1 unspecified atom stereocenters. The summed E-state index contributed by atoms with van der Waals surface area (Å²) in [6.07, 6.45) is 8.42. The fraction of sp³-hybridized carbons (Fsp3) is 0.579. The molecule has 2 aromatic heterocycles. The molecule has 0 aromatic carbocycles. The van der Waals surface area contributed by atoms with Crippen molar-refractivity contribution in [3.05, 3.63) is 41.8 Å². The van der Waals surface area contributed by atoms with E-state index in [1.165, 1.54) is 12.8 Å². The van der Waals surface area contributed by atoms with Gasteiger partial charge in [0.25, 0.3) is 5.91 Å². The number of piperidine rings is 1. The molecule has 1 saturated carbocycles. The molecule has 7 nitrogen and oxygen atoms in total. The molecule has 0 bridgehead atoms. The summed E-state index contributed by atoms with van der Waals surface area (Å²) in [6, 6.07) is 3.58. The molecule has 3 heterocycles. The Hall–Kier alpha value is -2.28. The van der Waals surface area contributed by atoms with E-state index in [0.717, 1.165) is 31.9 Å². The summed E-state index contributed by atoms with van der Waals surface area (Å²) in [7, 11) is 0. The van der Waals surface area contributed by atoms with Gasteiger partial charge < -0.3 is 14.2 Å². The van der Waals surface area contributed by atoms with Crippen LogP contribution < -0.4 is 0 Å². The Morgan fingerprint density at radius 1 is 1.35 bits per heavy atom. The van der Waals surface area contributed by atoms with Crippen LogP contribution in [-0.4, -0.2) is 52.2 Å². The molecular weight excluding hydrogens is 332 g/mol. The van der Waals surface area contributed by atoms with Gasteiger partial charge in [0.1, 0.15) is 0 Å². The highest BCUT2D eigenvalue weighted by Gasteiger charge is 2.29. The molecule has 0 N–H and O–H groups in total.